The third-order valence-electron chi connectivity index (χ3n) is 5.99. The minimum atomic E-state index is -0.585. The minimum Gasteiger partial charge on any atom is -0.462 e. The Kier molecular flexibility index (Phi) is 9.43. The molecular weight excluding hydrogens is 460 g/mol. The molecule has 1 N–H and O–H groups in total. The lowest BCUT2D eigenvalue weighted by atomic mass is 10.1. The first-order valence-electron chi connectivity index (χ1n) is 11.8. The number of anilines is 1. The van der Waals surface area contributed by atoms with Gasteiger partial charge in [0.2, 0.25) is 11.8 Å². The average Bonchev–Trinajstić information content (AvgIpc) is 3.44. The van der Waals surface area contributed by atoms with Gasteiger partial charge in [-0.25, -0.2) is 9.59 Å². The largest absolute Gasteiger partial charge is 0.462 e. The van der Waals surface area contributed by atoms with Crippen LogP contribution in [0.25, 0.3) is 0 Å². The first kappa shape index (κ1) is 26.1. The average molecular weight is 495 g/mol. The summed E-state index contributed by atoms with van der Waals surface area (Å²) >= 11 is 1.02. The summed E-state index contributed by atoms with van der Waals surface area (Å²) in [6.07, 6.45) is 2.16. The maximum absolute atomic E-state index is 12.8. The Morgan fingerprint density at radius 3 is 2.00 bits per heavy atom. The van der Waals surface area contributed by atoms with Crippen LogP contribution in [0, 0.1) is 6.92 Å². The van der Waals surface area contributed by atoms with Crippen LogP contribution in [0.1, 0.15) is 52.3 Å². The summed E-state index contributed by atoms with van der Waals surface area (Å²) in [5.41, 5.74) is 0.627. The summed E-state index contributed by atoms with van der Waals surface area (Å²) in [5, 5.41) is 3.08. The van der Waals surface area contributed by atoms with E-state index in [9.17, 15) is 19.2 Å². The molecule has 0 spiro atoms. The molecule has 34 heavy (non-hydrogen) atoms. The fourth-order valence-corrected chi connectivity index (χ4v) is 5.28. The van der Waals surface area contributed by atoms with E-state index in [2.05, 4.69) is 10.2 Å². The molecule has 2 saturated heterocycles. The zero-order valence-corrected chi connectivity index (χ0v) is 21.0. The summed E-state index contributed by atoms with van der Waals surface area (Å²) in [7, 11) is 0. The molecule has 0 aromatic carbocycles. The van der Waals surface area contributed by atoms with Crippen LogP contribution in [0.4, 0.5) is 5.00 Å². The van der Waals surface area contributed by atoms with Gasteiger partial charge in [0.15, 0.2) is 0 Å². The molecule has 0 aliphatic carbocycles. The number of ether oxygens (including phenoxy) is 2. The predicted molar refractivity (Wildman–Crippen MR) is 128 cm³/mol. The Hall–Kier alpha value is -2.50. The highest BCUT2D eigenvalue weighted by Gasteiger charge is 2.28. The molecule has 1 aromatic heterocycles. The molecule has 0 bridgehead atoms. The monoisotopic (exact) mass is 494 g/mol. The van der Waals surface area contributed by atoms with Crippen LogP contribution in [0.15, 0.2) is 0 Å². The van der Waals surface area contributed by atoms with Gasteiger partial charge in [-0.1, -0.05) is 0 Å². The van der Waals surface area contributed by atoms with Gasteiger partial charge in [0.05, 0.1) is 31.9 Å². The van der Waals surface area contributed by atoms with Crippen molar-refractivity contribution < 1.29 is 28.7 Å². The van der Waals surface area contributed by atoms with Crippen molar-refractivity contribution in [1.82, 2.24) is 14.7 Å². The van der Waals surface area contributed by atoms with Crippen molar-refractivity contribution in [1.29, 1.82) is 0 Å². The zero-order valence-electron chi connectivity index (χ0n) is 20.2. The van der Waals surface area contributed by atoms with E-state index in [1.54, 1.807) is 20.8 Å². The van der Waals surface area contributed by atoms with Gasteiger partial charge >= 0.3 is 11.9 Å². The highest BCUT2D eigenvalue weighted by molar-refractivity contribution is 7.18. The van der Waals surface area contributed by atoms with Crippen molar-refractivity contribution in [3.05, 3.63) is 16.0 Å². The lowest BCUT2D eigenvalue weighted by Gasteiger charge is -2.34. The SMILES string of the molecule is CCOC(=O)c1sc(NC(=O)CN2CCN(CC(=O)N3CCCC3)CC2)c(C(=O)OCC)c1C. The first-order valence-corrected chi connectivity index (χ1v) is 12.7. The number of rotatable bonds is 9. The van der Waals surface area contributed by atoms with E-state index in [1.807, 2.05) is 9.80 Å². The van der Waals surface area contributed by atoms with Crippen LogP contribution in [0.2, 0.25) is 0 Å². The Morgan fingerprint density at radius 1 is 0.853 bits per heavy atom. The molecule has 10 nitrogen and oxygen atoms in total. The highest BCUT2D eigenvalue weighted by Crippen LogP contribution is 2.34. The van der Waals surface area contributed by atoms with Crippen molar-refractivity contribution in [2.45, 2.75) is 33.6 Å². The van der Waals surface area contributed by atoms with Gasteiger partial charge in [-0.15, -0.1) is 11.3 Å². The van der Waals surface area contributed by atoms with Crippen LogP contribution in [-0.4, -0.2) is 104 Å². The van der Waals surface area contributed by atoms with Gasteiger partial charge in [0.25, 0.3) is 0 Å². The molecular formula is C23H34N4O6S. The number of thiophene rings is 1. The number of carbonyl (C=O) groups excluding carboxylic acids is 4. The fraction of sp³-hybridized carbons (Fsp3) is 0.652. The number of esters is 2. The molecule has 0 atom stereocenters. The molecule has 2 aliphatic heterocycles. The van der Waals surface area contributed by atoms with E-state index in [1.165, 1.54) is 0 Å². The number of hydrogen-bond donors (Lipinski definition) is 1. The molecule has 0 radical (unpaired) electrons. The van der Waals surface area contributed by atoms with Gasteiger partial charge in [0, 0.05) is 39.3 Å². The standard InChI is InChI=1S/C23H34N4O6S/c1-4-32-22(30)19-16(3)20(23(31)33-5-2)34-21(19)24-17(28)14-25-10-12-26(13-11-25)15-18(29)27-8-6-7-9-27/h4-15H2,1-3H3,(H,24,28). The molecule has 3 rings (SSSR count). The molecule has 2 aliphatic rings. The van der Waals surface area contributed by atoms with Crippen molar-refractivity contribution in [2.24, 2.45) is 0 Å². The Bertz CT molecular complexity index is 904. The van der Waals surface area contributed by atoms with Crippen LogP contribution in [-0.2, 0) is 19.1 Å². The van der Waals surface area contributed by atoms with Crippen molar-refractivity contribution in [2.75, 3.05) is 70.9 Å². The third kappa shape index (κ3) is 6.55. The number of piperazine rings is 1. The van der Waals surface area contributed by atoms with E-state index in [4.69, 9.17) is 9.47 Å². The molecule has 11 heteroatoms. The Morgan fingerprint density at radius 2 is 1.41 bits per heavy atom. The van der Waals surface area contributed by atoms with Gasteiger partial charge in [-0.2, -0.15) is 0 Å². The van der Waals surface area contributed by atoms with Crippen molar-refractivity contribution in [3.8, 4) is 0 Å². The van der Waals surface area contributed by atoms with E-state index < -0.39 is 11.9 Å². The summed E-state index contributed by atoms with van der Waals surface area (Å²) in [4.78, 5) is 56.3. The van der Waals surface area contributed by atoms with E-state index >= 15 is 0 Å². The molecule has 2 fully saturated rings. The summed E-state index contributed by atoms with van der Waals surface area (Å²) < 4.78 is 10.2. The number of amides is 2. The quantitative estimate of drug-likeness (QED) is 0.516. The highest BCUT2D eigenvalue weighted by atomic mass is 32.1. The summed E-state index contributed by atoms with van der Waals surface area (Å²) in [6, 6.07) is 0. The summed E-state index contributed by atoms with van der Waals surface area (Å²) in [5.74, 6) is -1.21. The molecule has 0 saturated carbocycles. The zero-order chi connectivity index (χ0) is 24.7. The van der Waals surface area contributed by atoms with Gasteiger partial charge in [0.1, 0.15) is 9.88 Å². The maximum atomic E-state index is 12.8. The Labute approximate surface area is 204 Å². The predicted octanol–water partition coefficient (Wildman–Crippen LogP) is 1.59. The molecule has 188 valence electrons. The first-order chi connectivity index (χ1) is 16.3. The van der Waals surface area contributed by atoms with Gasteiger partial charge < -0.3 is 19.7 Å². The lowest BCUT2D eigenvalue weighted by Crippen LogP contribution is -2.51. The smallest absolute Gasteiger partial charge is 0.348 e. The molecule has 1 aromatic rings. The third-order valence-corrected chi connectivity index (χ3v) is 7.18. The van der Waals surface area contributed by atoms with Crippen LogP contribution >= 0.6 is 11.3 Å². The number of hydrogen-bond acceptors (Lipinski definition) is 9. The number of carbonyl (C=O) groups is 4. The molecule has 2 amide bonds. The van der Waals surface area contributed by atoms with Gasteiger partial charge in [-0.05, 0) is 39.2 Å². The summed E-state index contributed by atoms with van der Waals surface area (Å²) in [6.45, 7) is 10.5. The lowest BCUT2D eigenvalue weighted by molar-refractivity contribution is -0.132. The van der Waals surface area contributed by atoms with Crippen LogP contribution in [0.3, 0.4) is 0 Å². The van der Waals surface area contributed by atoms with Crippen LogP contribution < -0.4 is 5.32 Å². The number of likely N-dealkylation sites (tertiary alicyclic amines) is 1. The second-order valence-corrected chi connectivity index (χ2v) is 9.41. The topological polar surface area (TPSA) is 108 Å². The molecule has 3 heterocycles. The van der Waals surface area contributed by atoms with Crippen LogP contribution in [0.5, 0.6) is 0 Å². The second-order valence-electron chi connectivity index (χ2n) is 8.39. The van der Waals surface area contributed by atoms with E-state index in [-0.39, 0.29) is 42.0 Å². The van der Waals surface area contributed by atoms with Crippen molar-refractivity contribution in [3.63, 3.8) is 0 Å². The maximum Gasteiger partial charge on any atom is 0.348 e. The Balaban J connectivity index is 1.57. The van der Waals surface area contributed by atoms with E-state index in [0.717, 1.165) is 37.3 Å². The van der Waals surface area contributed by atoms with Crippen molar-refractivity contribution >= 4 is 40.1 Å². The normalized spacial score (nSPS) is 17.0. The second kappa shape index (κ2) is 12.3. The number of nitrogens with one attached hydrogen (secondary N) is 1. The minimum absolute atomic E-state index is 0.155. The fourth-order valence-electron chi connectivity index (χ4n) is 4.17. The van der Waals surface area contributed by atoms with Gasteiger partial charge in [-0.3, -0.25) is 19.4 Å². The number of nitrogens with zero attached hydrogens (tertiary/aromatic N) is 3. The van der Waals surface area contributed by atoms with E-state index in [0.29, 0.717) is 43.3 Å². The molecule has 0 unspecified atom stereocenters.